The number of para-hydroxylation sites is 1. The van der Waals surface area contributed by atoms with Crippen molar-refractivity contribution in [2.24, 2.45) is 0 Å². The van der Waals surface area contributed by atoms with Crippen LogP contribution in [-0.4, -0.2) is 98.2 Å². The van der Waals surface area contributed by atoms with E-state index in [0.29, 0.717) is 81.2 Å². The Morgan fingerprint density at radius 1 is 0.982 bits per heavy atom. The lowest BCUT2D eigenvalue weighted by molar-refractivity contribution is -0.136. The van der Waals surface area contributed by atoms with Gasteiger partial charge in [0.25, 0.3) is 17.7 Å². The number of thiazole rings is 1. The summed E-state index contributed by atoms with van der Waals surface area (Å²) in [7, 11) is 0. The number of unbranched alkanes of at least 4 members (excludes halogenated alkanes) is 2. The Morgan fingerprint density at radius 3 is 2.54 bits per heavy atom. The van der Waals surface area contributed by atoms with E-state index < -0.39 is 29.7 Å². The number of imide groups is 2. The molecule has 2 aromatic carbocycles. The highest BCUT2D eigenvalue weighted by atomic mass is 35.5. The van der Waals surface area contributed by atoms with Crippen LogP contribution in [-0.2, 0) is 14.4 Å². The number of aryl methyl sites for hydroxylation is 2. The van der Waals surface area contributed by atoms with E-state index in [9.17, 15) is 28.8 Å². The number of aromatic nitrogens is 3. The first-order valence-corrected chi connectivity index (χ1v) is 20.8. The monoisotopic (exact) mass is 829 g/mol. The first-order valence-electron chi connectivity index (χ1n) is 18.6. The standard InChI is InChI=1S/C39H40ClN9O6S2/c1-22-8-6-10-25(40)34(22)46-36(53)28-21-41-39(57-28)44-29-20-30(43-23(2)42-29)47-15-17-48(18-16-47)32(51)12-4-3-5-19-56-27-11-7-9-24-33(27)38(55)49(37(24)54)26-13-14-31(50)45-35(26)52/h6-11,20-21,26H,3-5,12-19H2,1-2H3,(H,46,53)(H,45,50,52)(H,41,42,43,44). The zero-order valence-corrected chi connectivity index (χ0v) is 33.7. The molecule has 2 aromatic heterocycles. The van der Waals surface area contributed by atoms with Gasteiger partial charge in [-0.25, -0.2) is 15.0 Å². The van der Waals surface area contributed by atoms with Gasteiger partial charge in [0.05, 0.1) is 28.0 Å². The molecule has 4 aromatic rings. The molecule has 5 heterocycles. The average Bonchev–Trinajstić information content (AvgIpc) is 3.76. The highest BCUT2D eigenvalue weighted by Gasteiger charge is 2.45. The topological polar surface area (TPSA) is 187 Å². The number of fused-ring (bicyclic) bond motifs is 1. The van der Waals surface area contributed by atoms with E-state index in [2.05, 4.69) is 35.8 Å². The van der Waals surface area contributed by atoms with Crippen LogP contribution in [0.3, 0.4) is 0 Å². The van der Waals surface area contributed by atoms with E-state index >= 15 is 0 Å². The van der Waals surface area contributed by atoms with Gasteiger partial charge < -0.3 is 20.4 Å². The maximum absolute atomic E-state index is 13.3. The van der Waals surface area contributed by atoms with E-state index in [-0.39, 0.29) is 30.2 Å². The maximum Gasteiger partial charge on any atom is 0.267 e. The van der Waals surface area contributed by atoms with Gasteiger partial charge in [-0.2, -0.15) is 0 Å². The summed E-state index contributed by atoms with van der Waals surface area (Å²) in [5, 5.41) is 9.25. The summed E-state index contributed by atoms with van der Waals surface area (Å²) < 4.78 is 0. The molecule has 1 unspecified atom stereocenters. The summed E-state index contributed by atoms with van der Waals surface area (Å²) in [6.45, 7) is 6.05. The quantitative estimate of drug-likeness (QED) is 0.0862. The van der Waals surface area contributed by atoms with Crippen molar-refractivity contribution in [2.75, 3.05) is 47.5 Å². The van der Waals surface area contributed by atoms with Gasteiger partial charge in [-0.3, -0.25) is 39.0 Å². The van der Waals surface area contributed by atoms with Crippen LogP contribution in [0.2, 0.25) is 5.02 Å². The van der Waals surface area contributed by atoms with Crippen LogP contribution >= 0.6 is 34.7 Å². The number of amides is 6. The fraction of sp³-hybridized carbons (Fsp3) is 0.359. The highest BCUT2D eigenvalue weighted by Crippen LogP contribution is 2.35. The van der Waals surface area contributed by atoms with Gasteiger partial charge in [-0.15, -0.1) is 11.8 Å². The van der Waals surface area contributed by atoms with Crippen molar-refractivity contribution in [1.82, 2.24) is 30.1 Å². The smallest absolute Gasteiger partial charge is 0.267 e. The number of thioether (sulfide) groups is 1. The number of piperidine rings is 1. The number of carbonyl (C=O) groups is 6. The minimum atomic E-state index is -1.00. The molecule has 7 rings (SSSR count). The Hall–Kier alpha value is -5.39. The summed E-state index contributed by atoms with van der Waals surface area (Å²) in [6, 6.07) is 11.4. The summed E-state index contributed by atoms with van der Waals surface area (Å²) in [6.07, 6.45) is 4.49. The normalized spacial score (nSPS) is 16.8. The lowest BCUT2D eigenvalue weighted by atomic mass is 10.0. The van der Waals surface area contributed by atoms with Crippen molar-refractivity contribution in [1.29, 1.82) is 0 Å². The number of hydrogen-bond donors (Lipinski definition) is 3. The molecular formula is C39H40ClN9O6S2. The van der Waals surface area contributed by atoms with Crippen molar-refractivity contribution in [3.05, 3.63) is 81.1 Å². The summed E-state index contributed by atoms with van der Waals surface area (Å²) >= 11 is 8.95. The molecule has 2 fully saturated rings. The fourth-order valence-corrected chi connectivity index (χ4v) is 9.05. The van der Waals surface area contributed by atoms with Crippen LogP contribution in [0.15, 0.2) is 53.6 Å². The Labute approximate surface area is 342 Å². The van der Waals surface area contributed by atoms with Crippen LogP contribution in [0.5, 0.6) is 0 Å². The highest BCUT2D eigenvalue weighted by molar-refractivity contribution is 7.99. The molecule has 3 N–H and O–H groups in total. The van der Waals surface area contributed by atoms with Crippen LogP contribution in [0, 0.1) is 13.8 Å². The molecule has 6 amide bonds. The van der Waals surface area contributed by atoms with Crippen molar-refractivity contribution in [3.63, 3.8) is 0 Å². The summed E-state index contributed by atoms with van der Waals surface area (Å²) in [5.74, 6) is 0.268. The summed E-state index contributed by atoms with van der Waals surface area (Å²) in [4.78, 5) is 96.1. The molecule has 296 valence electrons. The zero-order valence-electron chi connectivity index (χ0n) is 31.3. The maximum atomic E-state index is 13.3. The Kier molecular flexibility index (Phi) is 12.2. The largest absolute Gasteiger partial charge is 0.353 e. The second-order valence-corrected chi connectivity index (χ2v) is 16.4. The molecule has 2 saturated heterocycles. The number of hydrogen-bond acceptors (Lipinski definition) is 13. The molecule has 15 nitrogen and oxygen atoms in total. The van der Waals surface area contributed by atoms with Crippen molar-refractivity contribution in [2.45, 2.75) is 63.3 Å². The Bertz CT molecular complexity index is 2240. The third kappa shape index (κ3) is 8.95. The number of carbonyl (C=O) groups excluding carboxylic acids is 6. The van der Waals surface area contributed by atoms with Crippen LogP contribution < -0.4 is 20.9 Å². The molecule has 1 atom stereocenters. The van der Waals surface area contributed by atoms with Crippen molar-refractivity contribution in [3.8, 4) is 0 Å². The number of piperazine rings is 1. The number of anilines is 4. The van der Waals surface area contributed by atoms with E-state index in [1.54, 1.807) is 24.3 Å². The molecule has 0 spiro atoms. The molecule has 0 saturated carbocycles. The number of benzene rings is 2. The first kappa shape index (κ1) is 39.8. The Morgan fingerprint density at radius 2 is 1.77 bits per heavy atom. The molecule has 3 aliphatic heterocycles. The van der Waals surface area contributed by atoms with Crippen molar-refractivity contribution < 1.29 is 28.8 Å². The van der Waals surface area contributed by atoms with E-state index in [4.69, 9.17) is 11.6 Å². The third-order valence-electron chi connectivity index (χ3n) is 9.93. The predicted molar refractivity (Wildman–Crippen MR) is 217 cm³/mol. The molecule has 18 heteroatoms. The van der Waals surface area contributed by atoms with E-state index in [1.807, 2.05) is 36.9 Å². The molecule has 0 radical (unpaired) electrons. The van der Waals surface area contributed by atoms with Gasteiger partial charge in [-0.1, -0.05) is 47.6 Å². The number of nitrogens with one attached hydrogen (secondary N) is 3. The second-order valence-electron chi connectivity index (χ2n) is 13.9. The van der Waals surface area contributed by atoms with Gasteiger partial charge in [0.15, 0.2) is 5.13 Å². The van der Waals surface area contributed by atoms with Gasteiger partial charge >= 0.3 is 0 Å². The van der Waals surface area contributed by atoms with Crippen molar-refractivity contribution >= 4 is 92.6 Å². The van der Waals surface area contributed by atoms with Gasteiger partial charge in [0, 0.05) is 50.0 Å². The Balaban J connectivity index is 0.842. The van der Waals surface area contributed by atoms with Crippen LogP contribution in [0.1, 0.15) is 80.3 Å². The number of rotatable bonds is 13. The molecule has 57 heavy (non-hydrogen) atoms. The lowest BCUT2D eigenvalue weighted by Crippen LogP contribution is -2.54. The second kappa shape index (κ2) is 17.4. The zero-order chi connectivity index (χ0) is 40.2. The van der Waals surface area contributed by atoms with Gasteiger partial charge in [-0.05, 0) is 62.6 Å². The lowest BCUT2D eigenvalue weighted by Gasteiger charge is -2.35. The SMILES string of the molecule is Cc1nc(Nc2ncc(C(=O)Nc3c(C)cccc3Cl)s2)cc(N2CCN(C(=O)CCCCCSc3cccc4c3C(=O)N(C3CCC(=O)NC3=O)C4=O)CC2)n1. The predicted octanol–water partition coefficient (Wildman–Crippen LogP) is 5.60. The molecule has 0 aliphatic carbocycles. The average molecular weight is 830 g/mol. The first-order chi connectivity index (χ1) is 27.5. The molecule has 0 bridgehead atoms. The van der Waals surface area contributed by atoms with E-state index in [0.717, 1.165) is 35.5 Å². The number of halogens is 1. The van der Waals surface area contributed by atoms with E-state index in [1.165, 1.54) is 29.3 Å². The minimum Gasteiger partial charge on any atom is -0.353 e. The molecule has 3 aliphatic rings. The van der Waals surface area contributed by atoms with Gasteiger partial charge in [0.2, 0.25) is 17.7 Å². The van der Waals surface area contributed by atoms with Crippen LogP contribution in [0.4, 0.5) is 22.5 Å². The fourth-order valence-electron chi connectivity index (χ4n) is 6.97. The number of nitrogens with zero attached hydrogens (tertiary/aromatic N) is 6. The van der Waals surface area contributed by atoms with Gasteiger partial charge in [0.1, 0.15) is 28.4 Å². The minimum absolute atomic E-state index is 0.0695. The summed E-state index contributed by atoms with van der Waals surface area (Å²) in [5.41, 5.74) is 1.99. The molecular weight excluding hydrogens is 790 g/mol. The third-order valence-corrected chi connectivity index (χ3v) is 12.3. The van der Waals surface area contributed by atoms with Crippen LogP contribution in [0.25, 0.3) is 0 Å².